The van der Waals surface area contributed by atoms with Crippen molar-refractivity contribution in [3.8, 4) is 0 Å². The van der Waals surface area contributed by atoms with Crippen molar-refractivity contribution in [2.75, 3.05) is 13.1 Å². The first-order chi connectivity index (χ1) is 8.15. The summed E-state index contributed by atoms with van der Waals surface area (Å²) in [5.41, 5.74) is 6.69. The molecule has 0 bridgehead atoms. The highest BCUT2D eigenvalue weighted by molar-refractivity contribution is 9.10. The van der Waals surface area contributed by atoms with Crippen LogP contribution in [-0.2, 0) is 11.3 Å². The van der Waals surface area contributed by atoms with Crippen LogP contribution in [0, 0.1) is 5.92 Å². The second kappa shape index (κ2) is 5.65. The number of nitrogens with two attached hydrogens (primary N) is 1. The Labute approximate surface area is 110 Å². The average Bonchev–Trinajstić information content (AvgIpc) is 2.29. The smallest absolute Gasteiger partial charge is 0.226 e. The van der Waals surface area contributed by atoms with Crippen LogP contribution in [0.15, 0.2) is 28.7 Å². The molecule has 1 aliphatic heterocycles. The van der Waals surface area contributed by atoms with E-state index in [1.54, 1.807) is 0 Å². The van der Waals surface area contributed by atoms with Gasteiger partial charge >= 0.3 is 0 Å². The molecule has 1 unspecified atom stereocenters. The molecule has 17 heavy (non-hydrogen) atoms. The fourth-order valence-electron chi connectivity index (χ4n) is 2.49. The van der Waals surface area contributed by atoms with Crippen LogP contribution in [-0.4, -0.2) is 19.0 Å². The van der Waals surface area contributed by atoms with Crippen LogP contribution in [0.1, 0.15) is 18.4 Å². The van der Waals surface area contributed by atoms with Crippen molar-refractivity contribution in [1.82, 2.24) is 0 Å². The molecule has 0 spiro atoms. The minimum atomic E-state index is -0.142. The van der Waals surface area contributed by atoms with Gasteiger partial charge in [0.15, 0.2) is 0 Å². The molecule has 1 aromatic carbocycles. The predicted molar refractivity (Wildman–Crippen MR) is 70.5 cm³/mol. The number of rotatable bonds is 3. The van der Waals surface area contributed by atoms with Gasteiger partial charge in [-0.3, -0.25) is 4.79 Å². The fraction of sp³-hybridized carbons (Fsp3) is 0.462. The first kappa shape index (κ1) is 12.6. The van der Waals surface area contributed by atoms with E-state index in [1.807, 2.05) is 12.1 Å². The Kier molecular flexibility index (Phi) is 4.18. The van der Waals surface area contributed by atoms with Gasteiger partial charge in [0, 0.05) is 10.0 Å². The number of carbonyl (C=O) groups is 1. The number of hydrogen-bond donors (Lipinski definition) is 2. The number of primary amides is 1. The van der Waals surface area contributed by atoms with Crippen LogP contribution in [0.4, 0.5) is 0 Å². The van der Waals surface area contributed by atoms with Gasteiger partial charge in [-0.2, -0.15) is 0 Å². The first-order valence-corrected chi connectivity index (χ1v) is 6.82. The number of hydrogen-bond acceptors (Lipinski definition) is 1. The Bertz CT molecular complexity index is 408. The predicted octanol–water partition coefficient (Wildman–Crippen LogP) is 0.729. The second-order valence-electron chi connectivity index (χ2n) is 4.75. The van der Waals surface area contributed by atoms with Gasteiger partial charge in [0.2, 0.25) is 5.91 Å². The lowest BCUT2D eigenvalue weighted by atomic mass is 9.97. The van der Waals surface area contributed by atoms with E-state index in [4.69, 9.17) is 5.73 Å². The molecule has 2 atom stereocenters. The maximum absolute atomic E-state index is 11.2. The van der Waals surface area contributed by atoms with Gasteiger partial charge in [-0.05, 0) is 25.0 Å². The number of benzene rings is 1. The topological polar surface area (TPSA) is 47.5 Å². The van der Waals surface area contributed by atoms with Crippen molar-refractivity contribution in [2.45, 2.75) is 19.4 Å². The minimum Gasteiger partial charge on any atom is -0.369 e. The number of quaternary nitrogens is 1. The Morgan fingerprint density at radius 2 is 2.35 bits per heavy atom. The molecular formula is C13H18BrN2O+. The molecule has 4 heteroatoms. The summed E-state index contributed by atoms with van der Waals surface area (Å²) in [6, 6.07) is 8.35. The SMILES string of the molecule is NC(=O)[C@H]1CCC[NH+](Cc2cccc(Br)c2)C1. The number of likely N-dealkylation sites (tertiary alicyclic amines) is 1. The maximum atomic E-state index is 11.2. The third-order valence-corrected chi connectivity index (χ3v) is 3.86. The summed E-state index contributed by atoms with van der Waals surface area (Å²) in [6.07, 6.45) is 2.05. The Morgan fingerprint density at radius 3 is 3.06 bits per heavy atom. The van der Waals surface area contributed by atoms with Crippen molar-refractivity contribution < 1.29 is 9.69 Å². The van der Waals surface area contributed by atoms with Gasteiger partial charge < -0.3 is 10.6 Å². The van der Waals surface area contributed by atoms with Crippen molar-refractivity contribution in [3.05, 3.63) is 34.3 Å². The van der Waals surface area contributed by atoms with E-state index < -0.39 is 0 Å². The van der Waals surface area contributed by atoms with Gasteiger partial charge in [0.25, 0.3) is 0 Å². The van der Waals surface area contributed by atoms with Crippen LogP contribution in [0.3, 0.4) is 0 Å². The molecule has 92 valence electrons. The third kappa shape index (κ3) is 3.54. The molecule has 3 N–H and O–H groups in total. The largest absolute Gasteiger partial charge is 0.369 e. The van der Waals surface area contributed by atoms with E-state index in [1.165, 1.54) is 10.5 Å². The maximum Gasteiger partial charge on any atom is 0.226 e. The molecule has 3 nitrogen and oxygen atoms in total. The molecule has 0 aliphatic carbocycles. The summed E-state index contributed by atoms with van der Waals surface area (Å²) in [7, 11) is 0. The summed E-state index contributed by atoms with van der Waals surface area (Å²) in [5.74, 6) is -0.0812. The van der Waals surface area contributed by atoms with Crippen LogP contribution in [0.5, 0.6) is 0 Å². The second-order valence-corrected chi connectivity index (χ2v) is 5.67. The molecule has 1 saturated heterocycles. The molecule has 1 aromatic rings. The lowest BCUT2D eigenvalue weighted by Gasteiger charge is -2.28. The average molecular weight is 298 g/mol. The minimum absolute atomic E-state index is 0.0610. The van der Waals surface area contributed by atoms with Crippen LogP contribution in [0.2, 0.25) is 0 Å². The van der Waals surface area contributed by atoms with Crippen molar-refractivity contribution in [3.63, 3.8) is 0 Å². The fourth-order valence-corrected chi connectivity index (χ4v) is 2.94. The van der Waals surface area contributed by atoms with Gasteiger partial charge in [0.05, 0.1) is 19.0 Å². The summed E-state index contributed by atoms with van der Waals surface area (Å²) >= 11 is 3.48. The molecule has 1 amide bonds. The van der Waals surface area contributed by atoms with Crippen molar-refractivity contribution in [1.29, 1.82) is 0 Å². The summed E-state index contributed by atoms with van der Waals surface area (Å²) in [6.45, 7) is 2.99. The van der Waals surface area contributed by atoms with Crippen LogP contribution < -0.4 is 10.6 Å². The molecule has 1 fully saturated rings. The standard InChI is InChI=1S/C13H17BrN2O/c14-12-5-1-3-10(7-12)8-16-6-2-4-11(9-16)13(15)17/h1,3,5,7,11H,2,4,6,8-9H2,(H2,15,17)/p+1/t11-/m0/s1. The monoisotopic (exact) mass is 297 g/mol. The number of amides is 1. The molecular weight excluding hydrogens is 280 g/mol. The zero-order valence-corrected chi connectivity index (χ0v) is 11.4. The zero-order valence-electron chi connectivity index (χ0n) is 9.79. The number of carbonyl (C=O) groups excluding carboxylic acids is 1. The molecule has 0 radical (unpaired) electrons. The van der Waals surface area contributed by atoms with E-state index in [0.29, 0.717) is 0 Å². The highest BCUT2D eigenvalue weighted by atomic mass is 79.9. The van der Waals surface area contributed by atoms with Crippen LogP contribution >= 0.6 is 15.9 Å². The van der Waals surface area contributed by atoms with Crippen molar-refractivity contribution in [2.24, 2.45) is 11.7 Å². The molecule has 2 rings (SSSR count). The Morgan fingerprint density at radius 1 is 1.53 bits per heavy atom. The zero-order chi connectivity index (χ0) is 12.3. The van der Waals surface area contributed by atoms with Crippen molar-refractivity contribution >= 4 is 21.8 Å². The van der Waals surface area contributed by atoms with Gasteiger partial charge in [-0.15, -0.1) is 0 Å². The van der Waals surface area contributed by atoms with E-state index in [2.05, 4.69) is 28.1 Å². The quantitative estimate of drug-likeness (QED) is 0.849. The van der Waals surface area contributed by atoms with Gasteiger partial charge in [-0.1, -0.05) is 28.1 Å². The number of nitrogens with one attached hydrogen (secondary N) is 1. The normalized spacial score (nSPS) is 24.5. The van der Waals surface area contributed by atoms with Gasteiger partial charge in [-0.25, -0.2) is 0 Å². The van der Waals surface area contributed by atoms with Gasteiger partial charge in [0.1, 0.15) is 6.54 Å². The Hall–Kier alpha value is -0.870. The van der Waals surface area contributed by atoms with E-state index >= 15 is 0 Å². The molecule has 0 aromatic heterocycles. The lowest BCUT2D eigenvalue weighted by Crippen LogP contribution is -3.12. The summed E-state index contributed by atoms with van der Waals surface area (Å²) in [4.78, 5) is 12.7. The first-order valence-electron chi connectivity index (χ1n) is 6.02. The number of halogens is 1. The molecule has 0 saturated carbocycles. The highest BCUT2D eigenvalue weighted by Gasteiger charge is 2.26. The number of piperidine rings is 1. The highest BCUT2D eigenvalue weighted by Crippen LogP contribution is 2.11. The summed E-state index contributed by atoms with van der Waals surface area (Å²) < 4.78 is 1.11. The van der Waals surface area contributed by atoms with E-state index in [0.717, 1.165) is 36.9 Å². The van der Waals surface area contributed by atoms with E-state index in [-0.39, 0.29) is 11.8 Å². The van der Waals surface area contributed by atoms with Crippen LogP contribution in [0.25, 0.3) is 0 Å². The summed E-state index contributed by atoms with van der Waals surface area (Å²) in [5, 5.41) is 0. The van der Waals surface area contributed by atoms with E-state index in [9.17, 15) is 4.79 Å². The molecule has 1 aliphatic rings. The Balaban J connectivity index is 1.97. The lowest BCUT2D eigenvalue weighted by molar-refractivity contribution is -0.921. The molecule has 1 heterocycles. The third-order valence-electron chi connectivity index (χ3n) is 3.36.